The molecule has 5 nitrogen and oxygen atoms in total. The Labute approximate surface area is 151 Å². The van der Waals surface area contributed by atoms with Crippen LogP contribution in [0.1, 0.15) is 34.6 Å². The van der Waals surface area contributed by atoms with Crippen molar-refractivity contribution in [3.05, 3.63) is 81.1 Å². The van der Waals surface area contributed by atoms with Crippen LogP contribution in [0.5, 0.6) is 0 Å². The Morgan fingerprint density at radius 2 is 1.81 bits per heavy atom. The van der Waals surface area contributed by atoms with Crippen LogP contribution in [-0.2, 0) is 4.79 Å². The van der Waals surface area contributed by atoms with Crippen LogP contribution in [0.3, 0.4) is 0 Å². The van der Waals surface area contributed by atoms with Gasteiger partial charge in [-0.2, -0.15) is 0 Å². The molecule has 5 heteroatoms. The molecular formula is C21H19N3O2. The van der Waals surface area contributed by atoms with Gasteiger partial charge in [-0.3, -0.25) is 9.59 Å². The minimum atomic E-state index is -0.291. The summed E-state index contributed by atoms with van der Waals surface area (Å²) in [5.41, 5.74) is 4.33. The predicted molar refractivity (Wildman–Crippen MR) is 101 cm³/mol. The van der Waals surface area contributed by atoms with Gasteiger partial charge in [0, 0.05) is 17.9 Å². The molecule has 0 radical (unpaired) electrons. The number of benzene rings is 2. The third kappa shape index (κ3) is 2.81. The van der Waals surface area contributed by atoms with Crippen molar-refractivity contribution in [2.45, 2.75) is 26.2 Å². The van der Waals surface area contributed by atoms with E-state index in [9.17, 15) is 9.59 Å². The Kier molecular flexibility index (Phi) is 3.92. The maximum absolute atomic E-state index is 12.9. The van der Waals surface area contributed by atoms with E-state index in [1.165, 1.54) is 0 Å². The number of fused-ring (bicyclic) bond motifs is 1. The number of H-pyrrole nitrogens is 1. The number of nitrogens with one attached hydrogen (secondary N) is 2. The van der Waals surface area contributed by atoms with Crippen molar-refractivity contribution in [2.75, 3.05) is 5.32 Å². The van der Waals surface area contributed by atoms with Gasteiger partial charge in [-0.25, -0.2) is 4.98 Å². The molecule has 26 heavy (non-hydrogen) atoms. The lowest BCUT2D eigenvalue weighted by atomic mass is 9.84. The molecule has 130 valence electrons. The normalized spacial score (nSPS) is 16.1. The molecule has 1 aliphatic heterocycles. The topological polar surface area (TPSA) is 74.8 Å². The predicted octanol–water partition coefficient (Wildman–Crippen LogP) is 3.53. The van der Waals surface area contributed by atoms with Gasteiger partial charge in [0.2, 0.25) is 5.91 Å². The van der Waals surface area contributed by atoms with E-state index in [4.69, 9.17) is 0 Å². The van der Waals surface area contributed by atoms with Crippen molar-refractivity contribution >= 4 is 11.7 Å². The maximum atomic E-state index is 12.9. The third-order valence-electron chi connectivity index (χ3n) is 4.80. The molecule has 0 saturated carbocycles. The largest absolute Gasteiger partial charge is 0.310 e. The van der Waals surface area contributed by atoms with E-state index in [1.807, 2.05) is 56.3 Å². The molecule has 0 aliphatic carbocycles. The van der Waals surface area contributed by atoms with Crippen LogP contribution < -0.4 is 10.9 Å². The minimum absolute atomic E-state index is 0.125. The van der Waals surface area contributed by atoms with Gasteiger partial charge in [-0.1, -0.05) is 54.1 Å². The number of anilines is 1. The number of nitrogens with zero attached hydrogens (tertiary/aromatic N) is 1. The van der Waals surface area contributed by atoms with E-state index in [1.54, 1.807) is 0 Å². The van der Waals surface area contributed by atoms with Gasteiger partial charge in [-0.05, 0) is 25.0 Å². The first-order valence-corrected chi connectivity index (χ1v) is 8.59. The number of hydrogen-bond acceptors (Lipinski definition) is 3. The fourth-order valence-electron chi connectivity index (χ4n) is 3.59. The van der Waals surface area contributed by atoms with Crippen LogP contribution in [-0.4, -0.2) is 15.9 Å². The van der Waals surface area contributed by atoms with E-state index >= 15 is 0 Å². The fraction of sp³-hybridized carbons (Fsp3) is 0.190. The zero-order valence-electron chi connectivity index (χ0n) is 14.7. The molecule has 1 aliphatic rings. The Morgan fingerprint density at radius 1 is 1.04 bits per heavy atom. The Balaban J connectivity index is 1.88. The van der Waals surface area contributed by atoms with Crippen molar-refractivity contribution in [3.63, 3.8) is 0 Å². The quantitative estimate of drug-likeness (QED) is 0.746. The van der Waals surface area contributed by atoms with E-state index in [0.717, 1.165) is 22.3 Å². The first kappa shape index (κ1) is 16.3. The van der Waals surface area contributed by atoms with Crippen molar-refractivity contribution in [3.8, 4) is 11.4 Å². The summed E-state index contributed by atoms with van der Waals surface area (Å²) in [5.74, 6) is 0.393. The van der Waals surface area contributed by atoms with Gasteiger partial charge in [0.15, 0.2) is 0 Å². The molecule has 1 aromatic heterocycles. The molecule has 2 heterocycles. The molecule has 1 atom stereocenters. The summed E-state index contributed by atoms with van der Waals surface area (Å²) in [7, 11) is 0. The zero-order chi connectivity index (χ0) is 18.3. The number of amides is 1. The average molecular weight is 345 g/mol. The molecule has 1 amide bonds. The van der Waals surface area contributed by atoms with Crippen LogP contribution in [0.15, 0.2) is 53.3 Å². The molecule has 0 unspecified atom stereocenters. The van der Waals surface area contributed by atoms with Gasteiger partial charge >= 0.3 is 0 Å². The molecular weight excluding hydrogens is 326 g/mol. The van der Waals surface area contributed by atoms with Crippen molar-refractivity contribution in [1.29, 1.82) is 0 Å². The summed E-state index contributed by atoms with van der Waals surface area (Å²) in [6.07, 6.45) is 0.242. The zero-order valence-corrected chi connectivity index (χ0v) is 14.7. The second-order valence-electron chi connectivity index (χ2n) is 6.71. The molecule has 2 aromatic carbocycles. The highest BCUT2D eigenvalue weighted by Crippen LogP contribution is 2.36. The highest BCUT2D eigenvalue weighted by atomic mass is 16.2. The third-order valence-corrected chi connectivity index (χ3v) is 4.80. The summed E-state index contributed by atoms with van der Waals surface area (Å²) in [4.78, 5) is 32.6. The lowest BCUT2D eigenvalue weighted by molar-refractivity contribution is -0.116. The van der Waals surface area contributed by atoms with Gasteiger partial charge in [0.05, 0.1) is 5.56 Å². The Hall–Kier alpha value is -3.21. The molecule has 3 aromatic rings. The molecule has 0 saturated heterocycles. The standard InChI is InChI=1S/C21H19N3O2/c1-12-8-9-15(13(2)10-12)16-11-17(25)22-20-18(16)21(26)24-19(23-20)14-6-4-3-5-7-14/h3-10,16H,11H2,1-2H3,(H2,22,23,24,25,26)/t16-/m1/s1. The SMILES string of the molecule is Cc1ccc([C@H]2CC(=O)Nc3nc(-c4ccccc4)[nH]c(=O)c32)c(C)c1. The Morgan fingerprint density at radius 3 is 2.54 bits per heavy atom. The van der Waals surface area contributed by atoms with Crippen LogP contribution in [0.4, 0.5) is 5.82 Å². The van der Waals surface area contributed by atoms with E-state index in [2.05, 4.69) is 21.4 Å². The van der Waals surface area contributed by atoms with Crippen molar-refractivity contribution in [1.82, 2.24) is 9.97 Å². The summed E-state index contributed by atoms with van der Waals surface area (Å²) in [5, 5.41) is 2.77. The van der Waals surface area contributed by atoms with Crippen molar-refractivity contribution in [2.24, 2.45) is 0 Å². The van der Waals surface area contributed by atoms with Gasteiger partial charge in [0.25, 0.3) is 5.56 Å². The average Bonchev–Trinajstić information content (AvgIpc) is 2.61. The molecule has 0 fully saturated rings. The van der Waals surface area contributed by atoms with Crippen LogP contribution in [0.25, 0.3) is 11.4 Å². The van der Waals surface area contributed by atoms with Gasteiger partial charge in [0.1, 0.15) is 11.6 Å². The highest BCUT2D eigenvalue weighted by molar-refractivity contribution is 5.94. The molecule has 0 spiro atoms. The van der Waals surface area contributed by atoms with E-state index < -0.39 is 0 Å². The summed E-state index contributed by atoms with van der Waals surface area (Å²) in [6, 6.07) is 15.5. The number of aryl methyl sites for hydroxylation is 2. The number of hydrogen-bond donors (Lipinski definition) is 2. The number of aromatic nitrogens is 2. The molecule has 2 N–H and O–H groups in total. The second kappa shape index (κ2) is 6.26. The smallest absolute Gasteiger partial charge is 0.257 e. The fourth-order valence-corrected chi connectivity index (χ4v) is 3.59. The number of carbonyl (C=O) groups excluding carboxylic acids is 1. The summed E-state index contributed by atoms with van der Waals surface area (Å²) < 4.78 is 0. The second-order valence-corrected chi connectivity index (χ2v) is 6.71. The highest BCUT2D eigenvalue weighted by Gasteiger charge is 2.31. The number of carbonyl (C=O) groups is 1. The lowest BCUT2D eigenvalue weighted by Crippen LogP contribution is -2.31. The minimum Gasteiger partial charge on any atom is -0.310 e. The molecule has 0 bridgehead atoms. The maximum Gasteiger partial charge on any atom is 0.257 e. The van der Waals surface area contributed by atoms with E-state index in [0.29, 0.717) is 17.2 Å². The first-order chi connectivity index (χ1) is 12.5. The number of aromatic amines is 1. The van der Waals surface area contributed by atoms with Gasteiger partial charge < -0.3 is 10.3 Å². The summed E-state index contributed by atoms with van der Waals surface area (Å²) in [6.45, 7) is 4.03. The monoisotopic (exact) mass is 345 g/mol. The summed E-state index contributed by atoms with van der Waals surface area (Å²) >= 11 is 0. The van der Waals surface area contributed by atoms with E-state index in [-0.39, 0.29) is 23.8 Å². The van der Waals surface area contributed by atoms with Gasteiger partial charge in [-0.15, -0.1) is 0 Å². The van der Waals surface area contributed by atoms with Crippen LogP contribution >= 0.6 is 0 Å². The lowest BCUT2D eigenvalue weighted by Gasteiger charge is -2.26. The van der Waals surface area contributed by atoms with Crippen molar-refractivity contribution < 1.29 is 4.79 Å². The Bertz CT molecular complexity index is 1050. The van der Waals surface area contributed by atoms with Crippen LogP contribution in [0.2, 0.25) is 0 Å². The first-order valence-electron chi connectivity index (χ1n) is 8.59. The number of rotatable bonds is 2. The van der Waals surface area contributed by atoms with Crippen LogP contribution in [0, 0.1) is 13.8 Å². The molecule has 4 rings (SSSR count).